The van der Waals surface area contributed by atoms with Crippen molar-refractivity contribution in [2.75, 3.05) is 18.6 Å². The van der Waals surface area contributed by atoms with Crippen molar-refractivity contribution in [3.8, 4) is 0 Å². The Kier molecular flexibility index (Phi) is 5.13. The second kappa shape index (κ2) is 7.05. The Hall–Kier alpha value is -1.85. The van der Waals surface area contributed by atoms with Crippen LogP contribution in [0.4, 0.5) is 10.2 Å². The lowest BCUT2D eigenvalue weighted by Crippen LogP contribution is -2.13. The molecular weight excluding hydrogens is 418 g/mol. The number of hydrogen-bond donors (Lipinski definition) is 1. The summed E-state index contributed by atoms with van der Waals surface area (Å²) in [6, 6.07) is 6.61. The molecule has 26 heavy (non-hydrogen) atoms. The SMILES string of the molecule is Cc1nc(N[C@H](C)c2cccc(Br)c2F)c2cc(P(C)(C)=O)ncc2n1. The number of aryl methyl sites for hydroxylation is 1. The maximum absolute atomic E-state index is 14.4. The Labute approximate surface area is 160 Å². The zero-order valence-electron chi connectivity index (χ0n) is 14.9. The average Bonchev–Trinajstić information content (AvgIpc) is 2.55. The van der Waals surface area contributed by atoms with Crippen molar-refractivity contribution in [2.45, 2.75) is 19.9 Å². The van der Waals surface area contributed by atoms with Gasteiger partial charge in [0, 0.05) is 10.9 Å². The number of benzene rings is 1. The summed E-state index contributed by atoms with van der Waals surface area (Å²) in [6.45, 7) is 6.99. The van der Waals surface area contributed by atoms with Crippen LogP contribution in [-0.4, -0.2) is 28.3 Å². The minimum absolute atomic E-state index is 0.309. The molecule has 0 saturated carbocycles. The van der Waals surface area contributed by atoms with Crippen molar-refractivity contribution >= 4 is 45.2 Å². The topological polar surface area (TPSA) is 67.8 Å². The third-order valence-electron chi connectivity index (χ3n) is 4.03. The van der Waals surface area contributed by atoms with E-state index in [0.717, 1.165) is 0 Å². The zero-order valence-corrected chi connectivity index (χ0v) is 17.4. The predicted octanol–water partition coefficient (Wildman–Crippen LogP) is 4.66. The largest absolute Gasteiger partial charge is 0.363 e. The molecule has 0 aliphatic carbocycles. The van der Waals surface area contributed by atoms with Crippen molar-refractivity contribution in [1.82, 2.24) is 15.0 Å². The lowest BCUT2D eigenvalue weighted by Gasteiger charge is -2.18. The van der Waals surface area contributed by atoms with E-state index in [0.29, 0.717) is 38.0 Å². The van der Waals surface area contributed by atoms with Gasteiger partial charge in [0.2, 0.25) is 0 Å². The van der Waals surface area contributed by atoms with Gasteiger partial charge in [-0.3, -0.25) is 4.98 Å². The first kappa shape index (κ1) is 18.9. The first-order valence-electron chi connectivity index (χ1n) is 8.07. The number of rotatable bonds is 4. The number of fused-ring (bicyclic) bond motifs is 1. The van der Waals surface area contributed by atoms with E-state index in [9.17, 15) is 8.96 Å². The van der Waals surface area contributed by atoms with Gasteiger partial charge >= 0.3 is 0 Å². The monoisotopic (exact) mass is 436 g/mol. The van der Waals surface area contributed by atoms with Crippen molar-refractivity contribution in [3.05, 3.63) is 52.1 Å². The highest BCUT2D eigenvalue weighted by molar-refractivity contribution is 9.10. The van der Waals surface area contributed by atoms with Crippen LogP contribution in [0.3, 0.4) is 0 Å². The van der Waals surface area contributed by atoms with Gasteiger partial charge < -0.3 is 9.88 Å². The summed E-state index contributed by atoms with van der Waals surface area (Å²) in [5.74, 6) is 0.834. The normalized spacial score (nSPS) is 13.0. The number of halogens is 2. The Bertz CT molecular complexity index is 1040. The molecule has 0 saturated heterocycles. The van der Waals surface area contributed by atoms with Crippen LogP contribution >= 0.6 is 23.1 Å². The lowest BCUT2D eigenvalue weighted by atomic mass is 10.1. The summed E-state index contributed by atoms with van der Waals surface area (Å²) < 4.78 is 27.2. The Morgan fingerprint density at radius 2 is 2.00 bits per heavy atom. The maximum Gasteiger partial charge on any atom is 0.142 e. The molecule has 1 N–H and O–H groups in total. The Morgan fingerprint density at radius 1 is 1.27 bits per heavy atom. The molecule has 2 aromatic heterocycles. The molecule has 1 aromatic carbocycles. The van der Waals surface area contributed by atoms with Gasteiger partial charge in [-0.05, 0) is 55.2 Å². The van der Waals surface area contributed by atoms with Gasteiger partial charge in [0.1, 0.15) is 30.0 Å². The summed E-state index contributed by atoms with van der Waals surface area (Å²) in [6.07, 6.45) is 1.61. The molecule has 0 amide bonds. The molecular formula is C18H19BrFN4OP. The molecule has 0 bridgehead atoms. The van der Waals surface area contributed by atoms with Gasteiger partial charge in [-0.25, -0.2) is 14.4 Å². The molecule has 0 spiro atoms. The molecule has 0 aliphatic heterocycles. The second-order valence-electron chi connectivity index (χ2n) is 6.54. The molecule has 0 radical (unpaired) electrons. The quantitative estimate of drug-likeness (QED) is 0.602. The van der Waals surface area contributed by atoms with Crippen LogP contribution in [0, 0.1) is 12.7 Å². The van der Waals surface area contributed by atoms with Crippen LogP contribution in [0.2, 0.25) is 0 Å². The first-order chi connectivity index (χ1) is 12.2. The molecule has 3 rings (SSSR count). The summed E-state index contributed by atoms with van der Waals surface area (Å²) in [5, 5.41) is 3.97. The zero-order chi connectivity index (χ0) is 19.1. The van der Waals surface area contributed by atoms with Crippen LogP contribution in [-0.2, 0) is 4.57 Å². The fourth-order valence-corrected chi connectivity index (χ4v) is 3.84. The van der Waals surface area contributed by atoms with E-state index < -0.39 is 7.14 Å². The Morgan fingerprint density at radius 3 is 2.69 bits per heavy atom. The van der Waals surface area contributed by atoms with Crippen molar-refractivity contribution in [2.24, 2.45) is 0 Å². The Balaban J connectivity index is 2.08. The first-order valence-corrected chi connectivity index (χ1v) is 11.5. The molecule has 0 aliphatic rings. The van der Waals surface area contributed by atoms with Crippen LogP contribution in [0.5, 0.6) is 0 Å². The fourth-order valence-electron chi connectivity index (χ4n) is 2.68. The predicted molar refractivity (Wildman–Crippen MR) is 107 cm³/mol. The minimum Gasteiger partial charge on any atom is -0.363 e. The summed E-state index contributed by atoms with van der Waals surface area (Å²) in [7, 11) is -2.52. The molecule has 1 atom stereocenters. The van der Waals surface area contributed by atoms with Crippen molar-refractivity contribution < 1.29 is 8.96 Å². The average molecular weight is 437 g/mol. The van der Waals surface area contributed by atoms with E-state index in [1.807, 2.05) is 6.92 Å². The molecule has 3 aromatic rings. The van der Waals surface area contributed by atoms with Crippen LogP contribution in [0.25, 0.3) is 10.9 Å². The molecule has 5 nitrogen and oxygen atoms in total. The molecule has 8 heteroatoms. The lowest BCUT2D eigenvalue weighted by molar-refractivity contribution is 0.588. The fraction of sp³-hybridized carbons (Fsp3) is 0.278. The van der Waals surface area contributed by atoms with Crippen molar-refractivity contribution in [1.29, 1.82) is 0 Å². The van der Waals surface area contributed by atoms with E-state index >= 15 is 0 Å². The number of anilines is 1. The van der Waals surface area contributed by atoms with Gasteiger partial charge in [-0.15, -0.1) is 0 Å². The smallest absolute Gasteiger partial charge is 0.142 e. The number of hydrogen-bond acceptors (Lipinski definition) is 5. The molecule has 2 heterocycles. The third-order valence-corrected chi connectivity index (χ3v) is 5.99. The molecule has 0 unspecified atom stereocenters. The van der Waals surface area contributed by atoms with Gasteiger partial charge in [0.05, 0.1) is 22.2 Å². The van der Waals surface area contributed by atoms with Gasteiger partial charge in [-0.2, -0.15) is 0 Å². The highest BCUT2D eigenvalue weighted by Crippen LogP contribution is 2.35. The molecule has 136 valence electrons. The number of nitrogens with zero attached hydrogens (tertiary/aromatic N) is 3. The minimum atomic E-state index is -2.52. The van der Waals surface area contributed by atoms with Crippen LogP contribution in [0.15, 0.2) is 34.9 Å². The van der Waals surface area contributed by atoms with Crippen molar-refractivity contribution in [3.63, 3.8) is 0 Å². The van der Waals surface area contributed by atoms with E-state index in [2.05, 4.69) is 36.2 Å². The van der Waals surface area contributed by atoms with Gasteiger partial charge in [-0.1, -0.05) is 12.1 Å². The summed E-state index contributed by atoms with van der Waals surface area (Å²) in [5.41, 5.74) is 1.69. The summed E-state index contributed by atoms with van der Waals surface area (Å²) in [4.78, 5) is 13.1. The second-order valence-corrected chi connectivity index (χ2v) is 10.6. The summed E-state index contributed by atoms with van der Waals surface area (Å²) >= 11 is 3.21. The van der Waals surface area contributed by atoms with Crippen LogP contribution < -0.4 is 10.8 Å². The van der Waals surface area contributed by atoms with E-state index in [-0.39, 0.29) is 11.9 Å². The van der Waals surface area contributed by atoms with Gasteiger partial charge in [0.25, 0.3) is 0 Å². The maximum atomic E-state index is 14.4. The number of nitrogens with one attached hydrogen (secondary N) is 1. The highest BCUT2D eigenvalue weighted by atomic mass is 79.9. The number of aromatic nitrogens is 3. The van der Waals surface area contributed by atoms with E-state index in [4.69, 9.17) is 0 Å². The number of pyridine rings is 1. The third kappa shape index (κ3) is 3.79. The van der Waals surface area contributed by atoms with E-state index in [1.165, 1.54) is 0 Å². The molecule has 0 fully saturated rings. The standard InChI is InChI=1S/C18H19BrFN4OP/c1-10(12-6-5-7-14(19)17(12)20)22-18-13-8-16(26(3,4)25)21-9-15(13)23-11(2)24-18/h5-10H,1-4H3,(H,22,23,24)/t10-/m1/s1. The highest BCUT2D eigenvalue weighted by Gasteiger charge is 2.18. The van der Waals surface area contributed by atoms with Gasteiger partial charge in [0.15, 0.2) is 0 Å². The van der Waals surface area contributed by atoms with E-state index in [1.54, 1.807) is 50.7 Å². The van der Waals surface area contributed by atoms with Crippen LogP contribution in [0.1, 0.15) is 24.4 Å².